The predicted octanol–water partition coefficient (Wildman–Crippen LogP) is 0.983. The smallest absolute Gasteiger partial charge is 0.163 e. The molecule has 2 aromatic rings. The molecule has 5 heteroatoms. The van der Waals surface area contributed by atoms with E-state index in [-0.39, 0.29) is 6.61 Å². The highest BCUT2D eigenvalue weighted by Crippen LogP contribution is 2.20. The number of aromatic nitrogens is 3. The van der Waals surface area contributed by atoms with Gasteiger partial charge in [0.15, 0.2) is 11.6 Å². The van der Waals surface area contributed by atoms with E-state index in [4.69, 9.17) is 9.84 Å². The van der Waals surface area contributed by atoms with Crippen molar-refractivity contribution in [3.8, 4) is 17.1 Å². The summed E-state index contributed by atoms with van der Waals surface area (Å²) in [6, 6.07) is 7.54. The van der Waals surface area contributed by atoms with Crippen molar-refractivity contribution in [3.05, 3.63) is 30.1 Å². The maximum absolute atomic E-state index is 9.02. The van der Waals surface area contributed by atoms with Crippen molar-refractivity contribution in [3.63, 3.8) is 0 Å². The minimum absolute atomic E-state index is 0.111. The third kappa shape index (κ3) is 1.77. The first-order valence-corrected chi connectivity index (χ1v) is 4.90. The molecular weight excluding hydrogens is 206 g/mol. The molecule has 2 rings (SSSR count). The molecule has 1 N–H and O–H groups in total. The van der Waals surface area contributed by atoms with Gasteiger partial charge in [-0.2, -0.15) is 0 Å². The zero-order valence-corrected chi connectivity index (χ0v) is 9.21. The van der Waals surface area contributed by atoms with Crippen LogP contribution in [0.5, 0.6) is 5.75 Å². The number of aliphatic hydroxyl groups is 1. The van der Waals surface area contributed by atoms with E-state index < -0.39 is 0 Å². The first-order chi connectivity index (χ1) is 7.76. The van der Waals surface area contributed by atoms with Gasteiger partial charge < -0.3 is 14.4 Å². The molecule has 0 saturated carbocycles. The van der Waals surface area contributed by atoms with Crippen LogP contribution in [0, 0.1) is 0 Å². The van der Waals surface area contributed by atoms with Crippen molar-refractivity contribution in [2.24, 2.45) is 7.05 Å². The molecule has 1 aromatic heterocycles. The van der Waals surface area contributed by atoms with Crippen molar-refractivity contribution in [1.29, 1.82) is 0 Å². The second-order valence-corrected chi connectivity index (χ2v) is 3.39. The fraction of sp³-hybridized carbons (Fsp3) is 0.273. The number of ether oxygens (including phenoxy) is 1. The zero-order chi connectivity index (χ0) is 11.5. The van der Waals surface area contributed by atoms with E-state index in [0.29, 0.717) is 5.82 Å². The minimum Gasteiger partial charge on any atom is -0.497 e. The van der Waals surface area contributed by atoms with E-state index in [1.165, 1.54) is 0 Å². The average Bonchev–Trinajstić information content (AvgIpc) is 2.70. The number of nitrogens with zero attached hydrogens (tertiary/aromatic N) is 3. The van der Waals surface area contributed by atoms with Crippen molar-refractivity contribution < 1.29 is 9.84 Å². The quantitative estimate of drug-likeness (QED) is 0.836. The first-order valence-electron chi connectivity index (χ1n) is 4.90. The second-order valence-electron chi connectivity index (χ2n) is 3.39. The molecular formula is C11H13N3O2. The molecule has 0 atom stereocenters. The Balaban J connectivity index is 2.38. The summed E-state index contributed by atoms with van der Waals surface area (Å²) >= 11 is 0. The Kier molecular flexibility index (Phi) is 2.87. The van der Waals surface area contributed by atoms with E-state index in [1.54, 1.807) is 11.7 Å². The van der Waals surface area contributed by atoms with E-state index in [1.807, 2.05) is 31.3 Å². The SMILES string of the molecule is COc1ccc(-c2nnc(CO)n2C)cc1. The third-order valence-corrected chi connectivity index (χ3v) is 2.45. The molecule has 0 spiro atoms. The standard InChI is InChI=1S/C11H13N3O2/c1-14-10(7-15)12-13-11(14)8-3-5-9(16-2)6-4-8/h3-6,15H,7H2,1-2H3. The van der Waals surface area contributed by atoms with Crippen LogP contribution in [0.4, 0.5) is 0 Å². The maximum atomic E-state index is 9.02. The molecule has 0 aliphatic rings. The van der Waals surface area contributed by atoms with Gasteiger partial charge in [0.25, 0.3) is 0 Å². The van der Waals surface area contributed by atoms with E-state index in [0.717, 1.165) is 17.1 Å². The highest BCUT2D eigenvalue weighted by atomic mass is 16.5. The first kappa shape index (κ1) is 10.6. The lowest BCUT2D eigenvalue weighted by molar-refractivity contribution is 0.267. The molecule has 5 nitrogen and oxygen atoms in total. The van der Waals surface area contributed by atoms with Crippen LogP contribution in [0.25, 0.3) is 11.4 Å². The molecule has 0 saturated heterocycles. The van der Waals surface area contributed by atoms with Crippen LogP contribution in [0.3, 0.4) is 0 Å². The molecule has 84 valence electrons. The Hall–Kier alpha value is -1.88. The van der Waals surface area contributed by atoms with Crippen molar-refractivity contribution in [2.75, 3.05) is 7.11 Å². The molecule has 1 aromatic carbocycles. The van der Waals surface area contributed by atoms with Gasteiger partial charge in [-0.05, 0) is 24.3 Å². The van der Waals surface area contributed by atoms with Gasteiger partial charge in [0.1, 0.15) is 12.4 Å². The van der Waals surface area contributed by atoms with Gasteiger partial charge >= 0.3 is 0 Å². The van der Waals surface area contributed by atoms with Crippen LogP contribution in [0.2, 0.25) is 0 Å². The molecule has 0 aliphatic carbocycles. The minimum atomic E-state index is -0.111. The molecule has 0 amide bonds. The average molecular weight is 219 g/mol. The molecule has 0 bridgehead atoms. The molecule has 0 aliphatic heterocycles. The van der Waals surface area contributed by atoms with Crippen LogP contribution in [0.1, 0.15) is 5.82 Å². The van der Waals surface area contributed by atoms with Gasteiger partial charge in [-0.15, -0.1) is 10.2 Å². The summed E-state index contributed by atoms with van der Waals surface area (Å²) in [6.45, 7) is -0.111. The Bertz CT molecular complexity index is 476. The van der Waals surface area contributed by atoms with Crippen LogP contribution in [-0.4, -0.2) is 27.0 Å². The lowest BCUT2D eigenvalue weighted by Crippen LogP contribution is -1.99. The van der Waals surface area contributed by atoms with Gasteiger partial charge in [0, 0.05) is 12.6 Å². The number of hydrogen-bond acceptors (Lipinski definition) is 4. The van der Waals surface area contributed by atoms with Gasteiger partial charge in [0.2, 0.25) is 0 Å². The lowest BCUT2D eigenvalue weighted by Gasteiger charge is -2.03. The Morgan fingerprint density at radius 3 is 2.44 bits per heavy atom. The molecule has 0 fully saturated rings. The highest BCUT2D eigenvalue weighted by molar-refractivity contribution is 5.56. The second kappa shape index (κ2) is 4.32. The normalized spacial score (nSPS) is 10.4. The topological polar surface area (TPSA) is 60.2 Å². The number of aliphatic hydroxyl groups excluding tert-OH is 1. The molecule has 0 radical (unpaired) electrons. The van der Waals surface area contributed by atoms with Crippen molar-refractivity contribution >= 4 is 0 Å². The van der Waals surface area contributed by atoms with Crippen LogP contribution < -0.4 is 4.74 Å². The van der Waals surface area contributed by atoms with Crippen LogP contribution in [-0.2, 0) is 13.7 Å². The number of methoxy groups -OCH3 is 1. The van der Waals surface area contributed by atoms with Gasteiger partial charge in [-0.3, -0.25) is 0 Å². The number of hydrogen-bond donors (Lipinski definition) is 1. The van der Waals surface area contributed by atoms with Gasteiger partial charge in [0.05, 0.1) is 7.11 Å². The third-order valence-electron chi connectivity index (χ3n) is 2.45. The lowest BCUT2D eigenvalue weighted by atomic mass is 10.2. The monoisotopic (exact) mass is 219 g/mol. The summed E-state index contributed by atoms with van der Waals surface area (Å²) in [7, 11) is 3.45. The number of rotatable bonds is 3. The molecule has 0 unspecified atom stereocenters. The maximum Gasteiger partial charge on any atom is 0.163 e. The van der Waals surface area contributed by atoms with E-state index in [9.17, 15) is 0 Å². The fourth-order valence-electron chi connectivity index (χ4n) is 1.49. The Labute approximate surface area is 93.3 Å². The molecule has 1 heterocycles. The fourth-order valence-corrected chi connectivity index (χ4v) is 1.49. The summed E-state index contributed by atoms with van der Waals surface area (Å²) in [5, 5.41) is 16.9. The van der Waals surface area contributed by atoms with Gasteiger partial charge in [-0.25, -0.2) is 0 Å². The summed E-state index contributed by atoms with van der Waals surface area (Å²) in [5.41, 5.74) is 0.940. The summed E-state index contributed by atoms with van der Waals surface area (Å²) in [4.78, 5) is 0. The number of benzene rings is 1. The van der Waals surface area contributed by atoms with Crippen molar-refractivity contribution in [2.45, 2.75) is 6.61 Å². The van der Waals surface area contributed by atoms with E-state index >= 15 is 0 Å². The van der Waals surface area contributed by atoms with Crippen LogP contribution >= 0.6 is 0 Å². The predicted molar refractivity (Wildman–Crippen MR) is 58.9 cm³/mol. The molecule has 16 heavy (non-hydrogen) atoms. The van der Waals surface area contributed by atoms with Crippen LogP contribution in [0.15, 0.2) is 24.3 Å². The van der Waals surface area contributed by atoms with Gasteiger partial charge in [-0.1, -0.05) is 0 Å². The zero-order valence-electron chi connectivity index (χ0n) is 9.21. The summed E-state index contributed by atoms with van der Waals surface area (Å²) < 4.78 is 6.84. The summed E-state index contributed by atoms with van der Waals surface area (Å²) in [5.74, 6) is 2.07. The Morgan fingerprint density at radius 2 is 1.94 bits per heavy atom. The highest BCUT2D eigenvalue weighted by Gasteiger charge is 2.09. The summed E-state index contributed by atoms with van der Waals surface area (Å²) in [6.07, 6.45) is 0. The largest absolute Gasteiger partial charge is 0.497 e. The van der Waals surface area contributed by atoms with E-state index in [2.05, 4.69) is 10.2 Å². The van der Waals surface area contributed by atoms with Crippen molar-refractivity contribution in [1.82, 2.24) is 14.8 Å². The Morgan fingerprint density at radius 1 is 1.25 bits per heavy atom.